The van der Waals surface area contributed by atoms with Crippen LogP contribution in [0.25, 0.3) is 0 Å². The monoisotopic (exact) mass is 222 g/mol. The summed E-state index contributed by atoms with van der Waals surface area (Å²) in [7, 11) is 0. The van der Waals surface area contributed by atoms with E-state index in [2.05, 4.69) is 10.6 Å². The predicted octanol–water partition coefficient (Wildman–Crippen LogP) is 1.46. The molecule has 0 aliphatic heterocycles. The molecule has 2 N–H and O–H groups in total. The van der Waals surface area contributed by atoms with Crippen molar-refractivity contribution in [2.24, 2.45) is 0 Å². The highest BCUT2D eigenvalue weighted by Crippen LogP contribution is 2.18. The van der Waals surface area contributed by atoms with Gasteiger partial charge in [-0.2, -0.15) is 0 Å². The molecule has 1 saturated carbocycles. The maximum Gasteiger partial charge on any atom is 0.286 e. The van der Waals surface area contributed by atoms with Crippen molar-refractivity contribution < 1.29 is 9.21 Å². The third-order valence-corrected chi connectivity index (χ3v) is 2.61. The summed E-state index contributed by atoms with van der Waals surface area (Å²) in [6.07, 6.45) is 3.57. The molecule has 1 aliphatic rings. The number of nitrogens with one attached hydrogen (secondary N) is 2. The van der Waals surface area contributed by atoms with E-state index in [4.69, 9.17) is 4.42 Å². The maximum absolute atomic E-state index is 11.5. The molecule has 4 heteroatoms. The molecule has 1 fully saturated rings. The Balaban J connectivity index is 1.59. The average Bonchev–Trinajstić information content (AvgIpc) is 2.99. The van der Waals surface area contributed by atoms with Crippen LogP contribution in [-0.4, -0.2) is 25.0 Å². The van der Waals surface area contributed by atoms with Crippen molar-refractivity contribution in [1.29, 1.82) is 0 Å². The average molecular weight is 222 g/mol. The van der Waals surface area contributed by atoms with E-state index in [9.17, 15) is 4.79 Å². The minimum Gasteiger partial charge on any atom is -0.456 e. The van der Waals surface area contributed by atoms with Gasteiger partial charge >= 0.3 is 0 Å². The molecule has 0 atom stereocenters. The second kappa shape index (κ2) is 5.16. The highest BCUT2D eigenvalue weighted by molar-refractivity contribution is 5.91. The Morgan fingerprint density at radius 3 is 2.88 bits per heavy atom. The van der Waals surface area contributed by atoms with Crippen LogP contribution < -0.4 is 10.6 Å². The minimum atomic E-state index is -0.125. The summed E-state index contributed by atoms with van der Waals surface area (Å²) in [5, 5.41) is 6.23. The topological polar surface area (TPSA) is 54.3 Å². The quantitative estimate of drug-likeness (QED) is 0.716. The highest BCUT2D eigenvalue weighted by Gasteiger charge is 2.19. The number of amides is 1. The first-order chi connectivity index (χ1) is 7.75. The highest BCUT2D eigenvalue weighted by atomic mass is 16.3. The largest absolute Gasteiger partial charge is 0.456 e. The van der Waals surface area contributed by atoms with Crippen molar-refractivity contribution in [2.75, 3.05) is 13.1 Å². The Kier molecular flexibility index (Phi) is 3.62. The first-order valence-electron chi connectivity index (χ1n) is 5.84. The first-order valence-corrected chi connectivity index (χ1v) is 5.84. The standard InChI is InChI=1S/C12H18N2O2/c1-9-3-6-11(16-9)12(15)14-8-2-7-13-10-4-5-10/h3,6,10,13H,2,4-5,7-8H2,1H3,(H,14,15). The van der Waals surface area contributed by atoms with E-state index < -0.39 is 0 Å². The number of furan rings is 1. The third-order valence-electron chi connectivity index (χ3n) is 2.61. The Hall–Kier alpha value is -1.29. The van der Waals surface area contributed by atoms with Crippen LogP contribution in [0.1, 0.15) is 35.6 Å². The van der Waals surface area contributed by atoms with Gasteiger partial charge in [-0.05, 0) is 44.9 Å². The van der Waals surface area contributed by atoms with Gasteiger partial charge in [0, 0.05) is 12.6 Å². The third kappa shape index (κ3) is 3.38. The molecule has 0 bridgehead atoms. The van der Waals surface area contributed by atoms with Crippen molar-refractivity contribution in [3.63, 3.8) is 0 Å². The molecule has 1 amide bonds. The van der Waals surface area contributed by atoms with Crippen molar-refractivity contribution in [3.05, 3.63) is 23.7 Å². The van der Waals surface area contributed by atoms with E-state index >= 15 is 0 Å². The van der Waals surface area contributed by atoms with E-state index in [1.54, 1.807) is 12.1 Å². The molecular formula is C12H18N2O2. The van der Waals surface area contributed by atoms with Gasteiger partial charge < -0.3 is 15.1 Å². The molecule has 88 valence electrons. The first kappa shape index (κ1) is 11.2. The smallest absolute Gasteiger partial charge is 0.286 e. The molecule has 16 heavy (non-hydrogen) atoms. The lowest BCUT2D eigenvalue weighted by Crippen LogP contribution is -2.27. The summed E-state index contributed by atoms with van der Waals surface area (Å²) in [4.78, 5) is 11.5. The lowest BCUT2D eigenvalue weighted by molar-refractivity contribution is 0.0924. The van der Waals surface area contributed by atoms with Crippen LogP contribution in [0.5, 0.6) is 0 Å². The Labute approximate surface area is 95.4 Å². The predicted molar refractivity (Wildman–Crippen MR) is 61.4 cm³/mol. The molecule has 0 aromatic carbocycles. The molecular weight excluding hydrogens is 204 g/mol. The number of hydrogen-bond donors (Lipinski definition) is 2. The molecule has 2 rings (SSSR count). The molecule has 0 radical (unpaired) electrons. The summed E-state index contributed by atoms with van der Waals surface area (Å²) in [5.41, 5.74) is 0. The molecule has 0 saturated heterocycles. The Bertz CT molecular complexity index is 356. The zero-order valence-electron chi connectivity index (χ0n) is 9.58. The van der Waals surface area contributed by atoms with Crippen LogP contribution in [0.15, 0.2) is 16.5 Å². The molecule has 0 unspecified atom stereocenters. The fourth-order valence-corrected chi connectivity index (χ4v) is 1.53. The van der Waals surface area contributed by atoms with E-state index in [0.29, 0.717) is 12.3 Å². The lowest BCUT2D eigenvalue weighted by atomic mass is 10.3. The van der Waals surface area contributed by atoms with Crippen molar-refractivity contribution >= 4 is 5.91 Å². The lowest BCUT2D eigenvalue weighted by Gasteiger charge is -2.04. The SMILES string of the molecule is Cc1ccc(C(=O)NCCCNC2CC2)o1. The van der Waals surface area contributed by atoms with E-state index in [-0.39, 0.29) is 5.91 Å². The van der Waals surface area contributed by atoms with Gasteiger partial charge in [-0.25, -0.2) is 0 Å². The van der Waals surface area contributed by atoms with Crippen LogP contribution in [0.2, 0.25) is 0 Å². The van der Waals surface area contributed by atoms with Gasteiger partial charge in [0.1, 0.15) is 5.76 Å². The summed E-state index contributed by atoms with van der Waals surface area (Å²) in [6.45, 7) is 3.50. The van der Waals surface area contributed by atoms with Gasteiger partial charge in [-0.1, -0.05) is 0 Å². The van der Waals surface area contributed by atoms with Gasteiger partial charge in [-0.15, -0.1) is 0 Å². The molecule has 4 nitrogen and oxygen atoms in total. The van der Waals surface area contributed by atoms with Gasteiger partial charge in [-0.3, -0.25) is 4.79 Å². The minimum absolute atomic E-state index is 0.125. The van der Waals surface area contributed by atoms with Crippen LogP contribution in [0, 0.1) is 6.92 Å². The zero-order valence-corrected chi connectivity index (χ0v) is 9.58. The summed E-state index contributed by atoms with van der Waals surface area (Å²) in [5.74, 6) is 1.03. The van der Waals surface area contributed by atoms with Crippen LogP contribution in [-0.2, 0) is 0 Å². The Morgan fingerprint density at radius 1 is 1.44 bits per heavy atom. The number of hydrogen-bond acceptors (Lipinski definition) is 3. The second-order valence-corrected chi connectivity index (χ2v) is 4.25. The number of aryl methyl sites for hydroxylation is 1. The summed E-state index contributed by atoms with van der Waals surface area (Å²) >= 11 is 0. The van der Waals surface area contributed by atoms with Crippen LogP contribution in [0.4, 0.5) is 0 Å². The van der Waals surface area contributed by atoms with Crippen molar-refractivity contribution in [2.45, 2.75) is 32.2 Å². The molecule has 0 spiro atoms. The normalized spacial score (nSPS) is 15.1. The van der Waals surface area contributed by atoms with E-state index in [0.717, 1.165) is 24.8 Å². The fraction of sp³-hybridized carbons (Fsp3) is 0.583. The maximum atomic E-state index is 11.5. The molecule has 1 aromatic heterocycles. The van der Waals surface area contributed by atoms with Crippen molar-refractivity contribution in [1.82, 2.24) is 10.6 Å². The van der Waals surface area contributed by atoms with Gasteiger partial charge in [0.2, 0.25) is 0 Å². The summed E-state index contributed by atoms with van der Waals surface area (Å²) < 4.78 is 5.22. The van der Waals surface area contributed by atoms with Gasteiger partial charge in [0.05, 0.1) is 0 Å². The molecule has 1 heterocycles. The zero-order chi connectivity index (χ0) is 11.4. The fourth-order valence-electron chi connectivity index (χ4n) is 1.53. The summed E-state index contributed by atoms with van der Waals surface area (Å²) in [6, 6.07) is 4.24. The number of carbonyl (C=O) groups is 1. The number of rotatable bonds is 6. The second-order valence-electron chi connectivity index (χ2n) is 4.25. The van der Waals surface area contributed by atoms with Crippen molar-refractivity contribution in [3.8, 4) is 0 Å². The number of carbonyl (C=O) groups excluding carboxylic acids is 1. The van der Waals surface area contributed by atoms with Crippen LogP contribution >= 0.6 is 0 Å². The Morgan fingerprint density at radius 2 is 2.25 bits per heavy atom. The molecule has 1 aromatic rings. The van der Waals surface area contributed by atoms with Gasteiger partial charge in [0.25, 0.3) is 5.91 Å². The van der Waals surface area contributed by atoms with Crippen LogP contribution in [0.3, 0.4) is 0 Å². The van der Waals surface area contributed by atoms with E-state index in [1.165, 1.54) is 12.8 Å². The molecule has 1 aliphatic carbocycles. The van der Waals surface area contributed by atoms with E-state index in [1.807, 2.05) is 6.92 Å². The van der Waals surface area contributed by atoms with Gasteiger partial charge in [0.15, 0.2) is 5.76 Å².